The summed E-state index contributed by atoms with van der Waals surface area (Å²) in [6.45, 7) is 1.18. The standard InChI is InChI=1S/C22H27F2N5O2/c23-17-11-16(12-18(24)13-17)14-29(21(26)30)22(31)28-9-6-20(7-10-28)27-19-3-1-15(2-4-19)5-8-25/h1-4,11-13,20,27H,5-10,14,25H2,(H2,26,30). The Hall–Kier alpha value is -3.20. The van der Waals surface area contributed by atoms with Gasteiger partial charge in [0.1, 0.15) is 11.6 Å². The first kappa shape index (κ1) is 22.5. The molecule has 4 amide bonds. The fraction of sp³-hybridized carbons (Fsp3) is 0.364. The van der Waals surface area contributed by atoms with Crippen molar-refractivity contribution in [2.45, 2.75) is 31.8 Å². The van der Waals surface area contributed by atoms with Gasteiger partial charge in [-0.2, -0.15) is 0 Å². The number of nitrogens with one attached hydrogen (secondary N) is 1. The highest BCUT2D eigenvalue weighted by Gasteiger charge is 2.29. The number of halogens is 2. The minimum atomic E-state index is -0.965. The van der Waals surface area contributed by atoms with Crippen LogP contribution >= 0.6 is 0 Å². The molecule has 1 fully saturated rings. The lowest BCUT2D eigenvalue weighted by Crippen LogP contribution is -2.51. The number of carbonyl (C=O) groups is 2. The van der Waals surface area contributed by atoms with E-state index in [-0.39, 0.29) is 18.2 Å². The molecule has 1 heterocycles. The van der Waals surface area contributed by atoms with Crippen molar-refractivity contribution in [3.05, 3.63) is 65.2 Å². The topological polar surface area (TPSA) is 105 Å². The number of urea groups is 2. The predicted octanol–water partition coefficient (Wildman–Crippen LogP) is 3.04. The largest absolute Gasteiger partial charge is 0.382 e. The van der Waals surface area contributed by atoms with Crippen LogP contribution < -0.4 is 16.8 Å². The Kier molecular flexibility index (Phi) is 7.41. The van der Waals surface area contributed by atoms with E-state index in [0.717, 1.165) is 35.2 Å². The van der Waals surface area contributed by atoms with Crippen LogP contribution in [-0.4, -0.2) is 47.5 Å². The van der Waals surface area contributed by atoms with Crippen LogP contribution in [0.25, 0.3) is 0 Å². The van der Waals surface area contributed by atoms with E-state index >= 15 is 0 Å². The van der Waals surface area contributed by atoms with Crippen molar-refractivity contribution in [3.63, 3.8) is 0 Å². The molecule has 0 spiro atoms. The maximum atomic E-state index is 13.4. The van der Waals surface area contributed by atoms with Crippen LogP contribution in [0.5, 0.6) is 0 Å². The minimum absolute atomic E-state index is 0.152. The summed E-state index contributed by atoms with van der Waals surface area (Å²) in [5, 5.41) is 3.46. The lowest BCUT2D eigenvalue weighted by molar-refractivity contribution is 0.145. The molecule has 1 aliphatic heterocycles. The lowest BCUT2D eigenvalue weighted by atomic mass is 10.0. The average Bonchev–Trinajstić information content (AvgIpc) is 2.73. The number of likely N-dealkylation sites (tertiary alicyclic amines) is 1. The molecule has 2 aromatic carbocycles. The molecule has 0 bridgehead atoms. The van der Waals surface area contributed by atoms with Crippen molar-refractivity contribution in [2.24, 2.45) is 11.5 Å². The Bertz CT molecular complexity index is 894. The summed E-state index contributed by atoms with van der Waals surface area (Å²) in [7, 11) is 0. The van der Waals surface area contributed by atoms with Crippen LogP contribution in [0.15, 0.2) is 42.5 Å². The summed E-state index contributed by atoms with van der Waals surface area (Å²) in [6, 6.07) is 9.61. The Morgan fingerprint density at radius 1 is 1.03 bits per heavy atom. The van der Waals surface area contributed by atoms with Crippen molar-refractivity contribution >= 4 is 17.7 Å². The van der Waals surface area contributed by atoms with Gasteiger partial charge >= 0.3 is 12.1 Å². The van der Waals surface area contributed by atoms with E-state index in [1.165, 1.54) is 10.5 Å². The van der Waals surface area contributed by atoms with E-state index in [2.05, 4.69) is 5.32 Å². The summed E-state index contributed by atoms with van der Waals surface area (Å²) >= 11 is 0. The molecule has 166 valence electrons. The summed E-state index contributed by atoms with van der Waals surface area (Å²) in [4.78, 5) is 27.0. The van der Waals surface area contributed by atoms with Gasteiger partial charge in [-0.1, -0.05) is 12.1 Å². The zero-order chi connectivity index (χ0) is 22.4. The second-order valence-electron chi connectivity index (χ2n) is 7.63. The van der Waals surface area contributed by atoms with Crippen LogP contribution in [0.2, 0.25) is 0 Å². The maximum Gasteiger partial charge on any atom is 0.328 e. The monoisotopic (exact) mass is 431 g/mol. The van der Waals surface area contributed by atoms with Gasteiger partial charge in [0.2, 0.25) is 0 Å². The van der Waals surface area contributed by atoms with Gasteiger partial charge in [-0.05, 0) is 61.2 Å². The smallest absolute Gasteiger partial charge is 0.328 e. The van der Waals surface area contributed by atoms with Gasteiger partial charge < -0.3 is 21.7 Å². The first-order valence-electron chi connectivity index (χ1n) is 10.2. The number of nitrogens with zero attached hydrogens (tertiary/aromatic N) is 2. The molecule has 0 radical (unpaired) electrons. The molecule has 1 aliphatic rings. The van der Waals surface area contributed by atoms with Crippen molar-refractivity contribution in [1.29, 1.82) is 0 Å². The fourth-order valence-corrected chi connectivity index (χ4v) is 3.68. The number of hydrogen-bond donors (Lipinski definition) is 3. The molecule has 5 N–H and O–H groups in total. The third kappa shape index (κ3) is 6.14. The van der Waals surface area contributed by atoms with Gasteiger partial charge in [0.05, 0.1) is 6.54 Å². The second-order valence-corrected chi connectivity index (χ2v) is 7.63. The van der Waals surface area contributed by atoms with Crippen LogP contribution in [0.4, 0.5) is 24.1 Å². The molecule has 3 rings (SSSR count). The number of benzene rings is 2. The highest BCUT2D eigenvalue weighted by atomic mass is 19.1. The third-order valence-corrected chi connectivity index (χ3v) is 5.28. The molecule has 0 unspecified atom stereocenters. The van der Waals surface area contributed by atoms with E-state index in [9.17, 15) is 18.4 Å². The molecular formula is C22H27F2N5O2. The van der Waals surface area contributed by atoms with Crippen LogP contribution in [0.3, 0.4) is 0 Å². The highest BCUT2D eigenvalue weighted by molar-refractivity contribution is 5.92. The summed E-state index contributed by atoms with van der Waals surface area (Å²) in [5.74, 6) is -1.57. The van der Waals surface area contributed by atoms with Crippen molar-refractivity contribution in [1.82, 2.24) is 9.80 Å². The molecule has 2 aromatic rings. The number of rotatable bonds is 6. The molecule has 1 saturated heterocycles. The van der Waals surface area contributed by atoms with Crippen LogP contribution in [0.1, 0.15) is 24.0 Å². The number of carbonyl (C=O) groups excluding carboxylic acids is 2. The Morgan fingerprint density at radius 2 is 1.65 bits per heavy atom. The minimum Gasteiger partial charge on any atom is -0.382 e. The number of nitrogens with two attached hydrogens (primary N) is 2. The quantitative estimate of drug-likeness (QED) is 0.654. The first-order chi connectivity index (χ1) is 14.9. The molecule has 31 heavy (non-hydrogen) atoms. The summed E-state index contributed by atoms with van der Waals surface area (Å²) in [6.07, 6.45) is 2.22. The number of amides is 4. The number of anilines is 1. The van der Waals surface area contributed by atoms with E-state index < -0.39 is 23.7 Å². The van der Waals surface area contributed by atoms with Crippen molar-refractivity contribution in [3.8, 4) is 0 Å². The van der Waals surface area contributed by atoms with Crippen molar-refractivity contribution < 1.29 is 18.4 Å². The molecular weight excluding hydrogens is 404 g/mol. The maximum absolute atomic E-state index is 13.4. The van der Waals surface area contributed by atoms with Gasteiger partial charge in [-0.15, -0.1) is 0 Å². The number of primary amides is 1. The highest BCUT2D eigenvalue weighted by Crippen LogP contribution is 2.19. The van der Waals surface area contributed by atoms with E-state index in [1.807, 2.05) is 24.3 Å². The second kappa shape index (κ2) is 10.2. The Labute approximate surface area is 180 Å². The predicted molar refractivity (Wildman–Crippen MR) is 114 cm³/mol. The van der Waals surface area contributed by atoms with Gasteiger partial charge in [0, 0.05) is 30.9 Å². The van der Waals surface area contributed by atoms with Gasteiger partial charge in [0.25, 0.3) is 0 Å². The van der Waals surface area contributed by atoms with Crippen LogP contribution in [0, 0.1) is 11.6 Å². The number of piperidine rings is 1. The molecule has 0 aliphatic carbocycles. The number of imide groups is 1. The van der Waals surface area contributed by atoms with Crippen molar-refractivity contribution in [2.75, 3.05) is 25.0 Å². The molecule has 0 saturated carbocycles. The molecule has 0 atom stereocenters. The zero-order valence-corrected chi connectivity index (χ0v) is 17.2. The molecule has 9 heteroatoms. The zero-order valence-electron chi connectivity index (χ0n) is 17.2. The summed E-state index contributed by atoms with van der Waals surface area (Å²) in [5.41, 5.74) is 13.3. The average molecular weight is 431 g/mol. The van der Waals surface area contributed by atoms with E-state index in [4.69, 9.17) is 11.5 Å². The fourth-order valence-electron chi connectivity index (χ4n) is 3.68. The SMILES string of the molecule is NCCc1ccc(NC2CCN(C(=O)N(Cc3cc(F)cc(F)c3)C(N)=O)CC2)cc1. The van der Waals surface area contributed by atoms with Crippen LogP contribution in [-0.2, 0) is 13.0 Å². The normalized spacial score (nSPS) is 14.4. The first-order valence-corrected chi connectivity index (χ1v) is 10.2. The molecule has 0 aromatic heterocycles. The van der Waals surface area contributed by atoms with Gasteiger partial charge in [0.15, 0.2) is 0 Å². The molecule has 7 nitrogen and oxygen atoms in total. The van der Waals surface area contributed by atoms with E-state index in [1.54, 1.807) is 0 Å². The number of hydrogen-bond acceptors (Lipinski definition) is 4. The summed E-state index contributed by atoms with van der Waals surface area (Å²) < 4.78 is 26.9. The van der Waals surface area contributed by atoms with E-state index in [0.29, 0.717) is 32.5 Å². The van der Waals surface area contributed by atoms with Gasteiger partial charge in [-0.3, -0.25) is 0 Å². The Morgan fingerprint density at radius 3 is 2.19 bits per heavy atom. The van der Waals surface area contributed by atoms with Gasteiger partial charge in [-0.25, -0.2) is 23.3 Å². The Balaban J connectivity index is 1.56. The third-order valence-electron chi connectivity index (χ3n) is 5.28. The lowest BCUT2D eigenvalue weighted by Gasteiger charge is -2.35.